The third-order valence-electron chi connectivity index (χ3n) is 6.74. The van der Waals surface area contributed by atoms with Crippen molar-refractivity contribution in [2.75, 3.05) is 32.1 Å². The van der Waals surface area contributed by atoms with Gasteiger partial charge in [0, 0.05) is 30.3 Å². The van der Waals surface area contributed by atoms with Gasteiger partial charge in [0.15, 0.2) is 0 Å². The molecule has 2 aliphatic heterocycles. The molecule has 4 rings (SSSR count). The molecule has 9 heteroatoms. The van der Waals surface area contributed by atoms with E-state index in [0.29, 0.717) is 41.5 Å². The number of methoxy groups -OCH3 is 1. The summed E-state index contributed by atoms with van der Waals surface area (Å²) in [5, 5.41) is 3.38. The lowest BCUT2D eigenvalue weighted by molar-refractivity contribution is -0.123. The Hall–Kier alpha value is -3.10. The van der Waals surface area contributed by atoms with Crippen LogP contribution in [0.3, 0.4) is 0 Å². The molecule has 35 heavy (non-hydrogen) atoms. The fourth-order valence-corrected chi connectivity index (χ4v) is 5.07. The monoisotopic (exact) mass is 498 g/mol. The largest absolute Gasteiger partial charge is 0.496 e. The lowest BCUT2D eigenvalue weighted by atomic mass is 9.97. The van der Waals surface area contributed by atoms with E-state index in [1.165, 1.54) is 7.11 Å². The van der Waals surface area contributed by atoms with E-state index in [2.05, 4.69) is 10.2 Å². The molecule has 3 amide bonds. The fourth-order valence-electron chi connectivity index (χ4n) is 4.89. The van der Waals surface area contributed by atoms with Crippen LogP contribution in [0.25, 0.3) is 0 Å². The maximum atomic E-state index is 13.2. The van der Waals surface area contributed by atoms with Crippen LogP contribution in [0, 0.1) is 5.92 Å². The van der Waals surface area contributed by atoms with Crippen LogP contribution in [0.1, 0.15) is 41.6 Å². The summed E-state index contributed by atoms with van der Waals surface area (Å²) < 4.78 is 5.32. The molecule has 2 saturated heterocycles. The quantitative estimate of drug-likeness (QED) is 0.609. The number of anilines is 1. The summed E-state index contributed by atoms with van der Waals surface area (Å²) in [6.45, 7) is 2.83. The van der Waals surface area contributed by atoms with E-state index in [9.17, 15) is 14.4 Å². The predicted molar refractivity (Wildman–Crippen MR) is 134 cm³/mol. The Morgan fingerprint density at radius 3 is 2.54 bits per heavy atom. The number of amides is 3. The smallest absolute Gasteiger partial charge is 0.258 e. The minimum Gasteiger partial charge on any atom is -0.496 e. The Kier molecular flexibility index (Phi) is 7.93. The third-order valence-corrected chi connectivity index (χ3v) is 6.98. The second-order valence-electron chi connectivity index (χ2n) is 9.16. The molecular formula is C26H31ClN4O4. The molecule has 2 aromatic rings. The van der Waals surface area contributed by atoms with Crippen LogP contribution in [0.5, 0.6) is 5.75 Å². The SMILES string of the molecule is COc1ccc(Cl)cc1C(=O)N1CCC[C@H]1C(=O)Nc1ccc(CN2CCC[C@H](C(N)=O)C2)cc1. The number of hydrogen-bond acceptors (Lipinski definition) is 5. The zero-order valence-corrected chi connectivity index (χ0v) is 20.6. The van der Waals surface area contributed by atoms with Gasteiger partial charge in [-0.05, 0) is 68.1 Å². The number of benzene rings is 2. The van der Waals surface area contributed by atoms with Crippen LogP contribution in [0.15, 0.2) is 42.5 Å². The van der Waals surface area contributed by atoms with Gasteiger partial charge in [-0.25, -0.2) is 0 Å². The molecule has 0 bridgehead atoms. The van der Waals surface area contributed by atoms with Crippen LogP contribution >= 0.6 is 11.6 Å². The van der Waals surface area contributed by atoms with E-state index in [1.807, 2.05) is 24.3 Å². The molecule has 0 aromatic heterocycles. The second kappa shape index (κ2) is 11.1. The molecule has 2 fully saturated rings. The normalized spacial score (nSPS) is 20.5. The second-order valence-corrected chi connectivity index (χ2v) is 9.60. The van der Waals surface area contributed by atoms with Gasteiger partial charge in [0.25, 0.3) is 5.91 Å². The first-order valence-corrected chi connectivity index (χ1v) is 12.3. The number of nitrogens with zero attached hydrogens (tertiary/aromatic N) is 2. The number of ether oxygens (including phenoxy) is 1. The topological polar surface area (TPSA) is 105 Å². The first-order valence-electron chi connectivity index (χ1n) is 11.9. The van der Waals surface area contributed by atoms with Crippen molar-refractivity contribution in [1.82, 2.24) is 9.80 Å². The summed E-state index contributed by atoms with van der Waals surface area (Å²) in [6, 6.07) is 12.0. The van der Waals surface area contributed by atoms with Crippen LogP contribution < -0.4 is 15.8 Å². The molecule has 0 saturated carbocycles. The lowest BCUT2D eigenvalue weighted by Crippen LogP contribution is -2.43. The van der Waals surface area contributed by atoms with Gasteiger partial charge in [-0.3, -0.25) is 19.3 Å². The molecule has 3 N–H and O–H groups in total. The Balaban J connectivity index is 1.38. The van der Waals surface area contributed by atoms with Gasteiger partial charge < -0.3 is 20.7 Å². The molecule has 0 aliphatic carbocycles. The van der Waals surface area contributed by atoms with Crippen molar-refractivity contribution >= 4 is 35.0 Å². The molecule has 0 unspecified atom stereocenters. The van der Waals surface area contributed by atoms with Crippen LogP contribution in [-0.4, -0.2) is 60.3 Å². The van der Waals surface area contributed by atoms with Crippen molar-refractivity contribution in [3.05, 3.63) is 58.6 Å². The van der Waals surface area contributed by atoms with Crippen molar-refractivity contribution in [3.8, 4) is 5.75 Å². The van der Waals surface area contributed by atoms with E-state index < -0.39 is 6.04 Å². The first-order chi connectivity index (χ1) is 16.9. The van der Waals surface area contributed by atoms with Gasteiger partial charge in [0.1, 0.15) is 11.8 Å². The van der Waals surface area contributed by atoms with Crippen molar-refractivity contribution < 1.29 is 19.1 Å². The van der Waals surface area contributed by atoms with E-state index in [-0.39, 0.29) is 23.6 Å². The van der Waals surface area contributed by atoms with Gasteiger partial charge in [-0.2, -0.15) is 0 Å². The number of primary amides is 1. The van der Waals surface area contributed by atoms with E-state index in [0.717, 1.165) is 37.9 Å². The van der Waals surface area contributed by atoms with Gasteiger partial charge in [0.2, 0.25) is 11.8 Å². The highest BCUT2D eigenvalue weighted by Gasteiger charge is 2.35. The summed E-state index contributed by atoms with van der Waals surface area (Å²) in [4.78, 5) is 41.6. The van der Waals surface area contributed by atoms with Crippen LogP contribution in [0.2, 0.25) is 5.02 Å². The molecule has 2 heterocycles. The Morgan fingerprint density at radius 1 is 1.09 bits per heavy atom. The summed E-state index contributed by atoms with van der Waals surface area (Å²) in [6.07, 6.45) is 3.14. The standard InChI is InChI=1S/C26H31ClN4O4/c1-35-23-11-8-19(27)14-21(23)26(34)31-13-3-5-22(31)25(33)29-20-9-6-17(7-10-20)15-30-12-2-4-18(16-30)24(28)32/h6-11,14,18,22H,2-5,12-13,15-16H2,1H3,(H2,28,32)(H,29,33)/t18-,22-/m0/s1. The van der Waals surface area contributed by atoms with Crippen molar-refractivity contribution in [1.29, 1.82) is 0 Å². The molecule has 0 radical (unpaired) electrons. The molecule has 186 valence electrons. The van der Waals surface area contributed by atoms with Crippen LogP contribution in [0.4, 0.5) is 5.69 Å². The molecule has 2 atom stereocenters. The first kappa shape index (κ1) is 25.0. The highest BCUT2D eigenvalue weighted by Crippen LogP contribution is 2.28. The number of halogens is 1. The summed E-state index contributed by atoms with van der Waals surface area (Å²) in [7, 11) is 1.50. The maximum absolute atomic E-state index is 13.2. The van der Waals surface area contributed by atoms with Gasteiger partial charge >= 0.3 is 0 Å². The Labute approximate surface area is 210 Å². The highest BCUT2D eigenvalue weighted by atomic mass is 35.5. The predicted octanol–water partition coefficient (Wildman–Crippen LogP) is 3.29. The average molecular weight is 499 g/mol. The summed E-state index contributed by atoms with van der Waals surface area (Å²) in [5.74, 6) is -0.387. The molecule has 8 nitrogen and oxygen atoms in total. The van der Waals surface area contributed by atoms with Crippen LogP contribution in [-0.2, 0) is 16.1 Å². The number of carbonyl (C=O) groups is 3. The molecule has 2 aliphatic rings. The number of rotatable bonds is 7. The van der Waals surface area contributed by atoms with Gasteiger partial charge in [-0.15, -0.1) is 0 Å². The van der Waals surface area contributed by atoms with Gasteiger partial charge in [-0.1, -0.05) is 23.7 Å². The maximum Gasteiger partial charge on any atom is 0.258 e. The Bertz CT molecular complexity index is 1090. The number of carbonyl (C=O) groups excluding carboxylic acids is 3. The lowest BCUT2D eigenvalue weighted by Gasteiger charge is -2.31. The average Bonchev–Trinajstić information content (AvgIpc) is 3.35. The molecule has 2 aromatic carbocycles. The number of hydrogen-bond donors (Lipinski definition) is 2. The molecule has 0 spiro atoms. The number of nitrogens with two attached hydrogens (primary N) is 1. The van der Waals surface area contributed by atoms with Crippen molar-refractivity contribution in [3.63, 3.8) is 0 Å². The summed E-state index contributed by atoms with van der Waals surface area (Å²) in [5.41, 5.74) is 7.60. The zero-order valence-electron chi connectivity index (χ0n) is 19.8. The minimum absolute atomic E-state index is 0.0914. The third kappa shape index (κ3) is 5.94. The number of nitrogens with one attached hydrogen (secondary N) is 1. The molecular weight excluding hydrogens is 468 g/mol. The Morgan fingerprint density at radius 2 is 1.83 bits per heavy atom. The zero-order chi connectivity index (χ0) is 24.9. The van der Waals surface area contributed by atoms with Crippen molar-refractivity contribution in [2.24, 2.45) is 11.7 Å². The minimum atomic E-state index is -0.565. The highest BCUT2D eigenvalue weighted by molar-refractivity contribution is 6.31. The van der Waals surface area contributed by atoms with E-state index >= 15 is 0 Å². The number of likely N-dealkylation sites (tertiary alicyclic amines) is 2. The van der Waals surface area contributed by atoms with Crippen molar-refractivity contribution in [2.45, 2.75) is 38.3 Å². The number of piperidine rings is 1. The van der Waals surface area contributed by atoms with Gasteiger partial charge in [0.05, 0.1) is 18.6 Å². The van der Waals surface area contributed by atoms with E-state index in [4.69, 9.17) is 22.1 Å². The van der Waals surface area contributed by atoms with E-state index in [1.54, 1.807) is 23.1 Å². The summed E-state index contributed by atoms with van der Waals surface area (Å²) >= 11 is 6.10. The fraction of sp³-hybridized carbons (Fsp3) is 0.423.